The number of carbonyl (C=O) groups is 1. The van der Waals surface area contributed by atoms with Crippen molar-refractivity contribution in [3.05, 3.63) is 35.9 Å². The molecule has 0 radical (unpaired) electrons. The van der Waals surface area contributed by atoms with Crippen LogP contribution in [0.2, 0.25) is 0 Å². The Morgan fingerprint density at radius 2 is 1.73 bits per heavy atom. The first-order valence-electron chi connectivity index (χ1n) is 7.29. The molecule has 0 aliphatic rings. The monoisotopic (exact) mass is 327 g/mol. The Labute approximate surface area is 132 Å². The zero-order valence-electron chi connectivity index (χ0n) is 13.6. The fourth-order valence-corrected chi connectivity index (χ4v) is 3.81. The number of rotatable bonds is 6. The number of sulfonamides is 1. The third-order valence-electron chi connectivity index (χ3n) is 3.52. The van der Waals surface area contributed by atoms with E-state index < -0.39 is 26.7 Å². The first-order valence-corrected chi connectivity index (χ1v) is 8.90. The molecule has 6 heteroatoms. The van der Waals surface area contributed by atoms with Gasteiger partial charge < -0.3 is 4.74 Å². The van der Waals surface area contributed by atoms with E-state index in [1.807, 2.05) is 26.8 Å². The SMILES string of the molecule is CC(CCC(C(C)(C)C)S(N)(=O)=O)OC(=O)c1ccccc1. The minimum atomic E-state index is -3.64. The van der Waals surface area contributed by atoms with Crippen LogP contribution in [0.3, 0.4) is 0 Å². The average Bonchev–Trinajstić information content (AvgIpc) is 2.36. The summed E-state index contributed by atoms with van der Waals surface area (Å²) in [5.74, 6) is -0.406. The number of primary sulfonamides is 1. The highest BCUT2D eigenvalue weighted by Gasteiger charge is 2.34. The van der Waals surface area contributed by atoms with Gasteiger partial charge in [0.2, 0.25) is 10.0 Å². The summed E-state index contributed by atoms with van der Waals surface area (Å²) in [4.78, 5) is 11.9. The predicted octanol–water partition coefficient (Wildman–Crippen LogP) is 2.72. The molecule has 124 valence electrons. The second-order valence-corrected chi connectivity index (χ2v) is 8.35. The molecule has 2 atom stereocenters. The minimum Gasteiger partial charge on any atom is -0.459 e. The molecule has 0 fully saturated rings. The number of ether oxygens (including phenoxy) is 1. The van der Waals surface area contributed by atoms with E-state index in [0.717, 1.165) is 0 Å². The molecule has 22 heavy (non-hydrogen) atoms. The maximum absolute atomic E-state index is 11.9. The highest BCUT2D eigenvalue weighted by atomic mass is 32.2. The Kier molecular flexibility index (Phi) is 6.14. The van der Waals surface area contributed by atoms with E-state index in [1.54, 1.807) is 31.2 Å². The van der Waals surface area contributed by atoms with Gasteiger partial charge in [-0.1, -0.05) is 39.0 Å². The number of hydrogen-bond donors (Lipinski definition) is 1. The van der Waals surface area contributed by atoms with E-state index in [1.165, 1.54) is 0 Å². The van der Waals surface area contributed by atoms with E-state index >= 15 is 0 Å². The Balaban J connectivity index is 2.62. The number of esters is 1. The van der Waals surface area contributed by atoms with E-state index in [4.69, 9.17) is 9.88 Å². The molecule has 1 aromatic rings. The lowest BCUT2D eigenvalue weighted by Crippen LogP contribution is -2.39. The molecule has 2 N–H and O–H groups in total. The highest BCUT2D eigenvalue weighted by Crippen LogP contribution is 2.28. The van der Waals surface area contributed by atoms with Gasteiger partial charge in [0.05, 0.1) is 16.9 Å². The van der Waals surface area contributed by atoms with Gasteiger partial charge in [0.15, 0.2) is 0 Å². The number of hydrogen-bond acceptors (Lipinski definition) is 4. The van der Waals surface area contributed by atoms with Crippen LogP contribution in [-0.2, 0) is 14.8 Å². The number of carbonyl (C=O) groups excluding carboxylic acids is 1. The molecule has 0 aliphatic carbocycles. The molecule has 0 aromatic heterocycles. The van der Waals surface area contributed by atoms with Crippen molar-refractivity contribution >= 4 is 16.0 Å². The molecule has 0 bridgehead atoms. The summed E-state index contributed by atoms with van der Waals surface area (Å²) in [6.45, 7) is 7.26. The molecular formula is C16H25NO4S. The van der Waals surface area contributed by atoms with Crippen molar-refractivity contribution in [2.24, 2.45) is 10.6 Å². The van der Waals surface area contributed by atoms with Crippen LogP contribution in [0.4, 0.5) is 0 Å². The molecular weight excluding hydrogens is 302 g/mol. The lowest BCUT2D eigenvalue weighted by atomic mass is 9.88. The van der Waals surface area contributed by atoms with E-state index in [9.17, 15) is 13.2 Å². The molecule has 2 unspecified atom stereocenters. The molecule has 0 heterocycles. The summed E-state index contributed by atoms with van der Waals surface area (Å²) in [6.07, 6.45) is 0.419. The van der Waals surface area contributed by atoms with Crippen LogP contribution in [0, 0.1) is 5.41 Å². The second-order valence-electron chi connectivity index (χ2n) is 6.60. The maximum atomic E-state index is 11.9. The Hall–Kier alpha value is -1.40. The van der Waals surface area contributed by atoms with Crippen LogP contribution in [-0.4, -0.2) is 25.7 Å². The smallest absolute Gasteiger partial charge is 0.338 e. The Morgan fingerprint density at radius 1 is 1.18 bits per heavy atom. The van der Waals surface area contributed by atoms with Crippen LogP contribution in [0.25, 0.3) is 0 Å². The van der Waals surface area contributed by atoms with Gasteiger partial charge in [-0.2, -0.15) is 0 Å². The van der Waals surface area contributed by atoms with Gasteiger partial charge in [-0.3, -0.25) is 0 Å². The fraction of sp³-hybridized carbons (Fsp3) is 0.562. The van der Waals surface area contributed by atoms with Crippen LogP contribution in [0.15, 0.2) is 30.3 Å². The Bertz CT molecular complexity index is 590. The summed E-state index contributed by atoms with van der Waals surface area (Å²) in [5.41, 5.74) is 0.0182. The van der Waals surface area contributed by atoms with E-state index in [2.05, 4.69) is 0 Å². The van der Waals surface area contributed by atoms with Gasteiger partial charge in [-0.25, -0.2) is 18.4 Å². The molecule has 1 rings (SSSR count). The zero-order chi connectivity index (χ0) is 17.0. The lowest BCUT2D eigenvalue weighted by molar-refractivity contribution is 0.0316. The van der Waals surface area contributed by atoms with Crippen molar-refractivity contribution in [3.63, 3.8) is 0 Å². The standard InChI is InChI=1S/C16H25NO4S/c1-12(21-15(18)13-8-6-5-7-9-13)10-11-14(16(2,3)4)22(17,19)20/h5-9,12,14H,10-11H2,1-4H3,(H2,17,19,20). The third-order valence-corrected chi connectivity index (χ3v) is 5.25. The van der Waals surface area contributed by atoms with Crippen molar-refractivity contribution in [1.29, 1.82) is 0 Å². The largest absolute Gasteiger partial charge is 0.459 e. The Morgan fingerprint density at radius 3 is 2.18 bits per heavy atom. The lowest BCUT2D eigenvalue weighted by Gasteiger charge is -2.29. The quantitative estimate of drug-likeness (QED) is 0.814. The normalized spacial score (nSPS) is 15.1. The van der Waals surface area contributed by atoms with Gasteiger partial charge in [0, 0.05) is 0 Å². The van der Waals surface area contributed by atoms with E-state index in [0.29, 0.717) is 18.4 Å². The highest BCUT2D eigenvalue weighted by molar-refractivity contribution is 7.89. The van der Waals surface area contributed by atoms with Gasteiger partial charge in [0.25, 0.3) is 0 Å². The maximum Gasteiger partial charge on any atom is 0.338 e. The van der Waals surface area contributed by atoms with Crippen LogP contribution >= 0.6 is 0 Å². The molecule has 0 amide bonds. The van der Waals surface area contributed by atoms with Crippen molar-refractivity contribution < 1.29 is 17.9 Å². The molecule has 5 nitrogen and oxygen atoms in total. The first kappa shape index (κ1) is 18.6. The summed E-state index contributed by atoms with van der Waals surface area (Å²) in [7, 11) is -3.64. The van der Waals surface area contributed by atoms with Crippen molar-refractivity contribution in [1.82, 2.24) is 0 Å². The first-order chi connectivity index (χ1) is 10.0. The molecule has 0 aliphatic heterocycles. The molecule has 0 spiro atoms. The number of nitrogens with two attached hydrogens (primary N) is 1. The van der Waals surface area contributed by atoms with Gasteiger partial charge in [0.1, 0.15) is 0 Å². The fourth-order valence-electron chi connectivity index (χ4n) is 2.36. The van der Waals surface area contributed by atoms with Crippen molar-refractivity contribution in [2.75, 3.05) is 0 Å². The van der Waals surface area contributed by atoms with Crippen molar-refractivity contribution in [3.8, 4) is 0 Å². The summed E-state index contributed by atoms with van der Waals surface area (Å²) in [5, 5.41) is 4.64. The minimum absolute atomic E-state index is 0.353. The summed E-state index contributed by atoms with van der Waals surface area (Å²) in [6, 6.07) is 8.70. The van der Waals surface area contributed by atoms with Crippen LogP contribution < -0.4 is 5.14 Å². The number of benzene rings is 1. The molecule has 1 aromatic carbocycles. The summed E-state index contributed by atoms with van der Waals surface area (Å²) >= 11 is 0. The van der Waals surface area contributed by atoms with E-state index in [-0.39, 0.29) is 6.10 Å². The van der Waals surface area contributed by atoms with Gasteiger partial charge >= 0.3 is 5.97 Å². The zero-order valence-corrected chi connectivity index (χ0v) is 14.4. The third kappa shape index (κ3) is 5.77. The van der Waals surface area contributed by atoms with Gasteiger partial charge in [-0.15, -0.1) is 0 Å². The molecule has 0 saturated heterocycles. The topological polar surface area (TPSA) is 86.5 Å². The van der Waals surface area contributed by atoms with Crippen LogP contribution in [0.5, 0.6) is 0 Å². The van der Waals surface area contributed by atoms with Gasteiger partial charge in [-0.05, 0) is 37.3 Å². The van der Waals surface area contributed by atoms with Crippen LogP contribution in [0.1, 0.15) is 50.9 Å². The second kappa shape index (κ2) is 7.24. The average molecular weight is 327 g/mol. The molecule has 0 saturated carbocycles. The summed E-state index contributed by atoms with van der Waals surface area (Å²) < 4.78 is 28.7. The predicted molar refractivity (Wildman–Crippen MR) is 86.9 cm³/mol. The van der Waals surface area contributed by atoms with Crippen molar-refractivity contribution in [2.45, 2.75) is 51.9 Å².